The number of piperidine rings is 1. The number of nitrogens with zero attached hydrogens (tertiary/aromatic N) is 4. The van der Waals surface area contributed by atoms with E-state index in [-0.39, 0.29) is 11.9 Å². The number of aromatic nitrogens is 2. The summed E-state index contributed by atoms with van der Waals surface area (Å²) in [6.07, 6.45) is 5.39. The van der Waals surface area contributed by atoms with Crippen molar-refractivity contribution in [1.82, 2.24) is 20.0 Å². The Hall–Kier alpha value is -2.54. The van der Waals surface area contributed by atoms with Gasteiger partial charge in [0.2, 0.25) is 0 Å². The lowest BCUT2D eigenvalue weighted by Gasteiger charge is -2.33. The number of hydrogen-bond donors (Lipinski definition) is 1. The lowest BCUT2D eigenvalue weighted by molar-refractivity contribution is -0.149. The first-order valence-electron chi connectivity index (χ1n) is 9.52. The largest absolute Gasteiger partial charge is 0.466 e. The van der Waals surface area contributed by atoms with Crippen LogP contribution in [-0.4, -0.2) is 53.4 Å². The zero-order valence-corrected chi connectivity index (χ0v) is 17.0. The molecule has 1 aromatic heterocycles. The van der Waals surface area contributed by atoms with E-state index in [1.54, 1.807) is 7.05 Å². The first kappa shape index (κ1) is 20.2. The minimum absolute atomic E-state index is 0.00749. The summed E-state index contributed by atoms with van der Waals surface area (Å²) in [7, 11) is 1.77. The normalized spacial score (nSPS) is 15.5. The second kappa shape index (κ2) is 9.59. The summed E-state index contributed by atoms with van der Waals surface area (Å²) in [5.41, 5.74) is 2.01. The molecule has 1 aromatic carbocycles. The van der Waals surface area contributed by atoms with Crippen molar-refractivity contribution in [3.63, 3.8) is 0 Å². The quantitative estimate of drug-likeness (QED) is 0.472. The summed E-state index contributed by atoms with van der Waals surface area (Å²) in [4.78, 5) is 18.5. The minimum Gasteiger partial charge on any atom is -0.466 e. The van der Waals surface area contributed by atoms with Gasteiger partial charge in [-0.25, -0.2) is 4.68 Å². The van der Waals surface area contributed by atoms with Crippen molar-refractivity contribution < 1.29 is 9.53 Å². The molecular weight excluding hydrogens is 378 g/mol. The molecule has 0 unspecified atom stereocenters. The molecule has 0 saturated carbocycles. The van der Waals surface area contributed by atoms with Gasteiger partial charge in [0.15, 0.2) is 5.96 Å². The number of carbonyl (C=O) groups is 1. The van der Waals surface area contributed by atoms with Gasteiger partial charge in [-0.2, -0.15) is 5.10 Å². The zero-order valence-electron chi connectivity index (χ0n) is 16.3. The Kier molecular flexibility index (Phi) is 6.92. The Morgan fingerprint density at radius 1 is 1.32 bits per heavy atom. The summed E-state index contributed by atoms with van der Waals surface area (Å²) in [5.74, 6) is 0.744. The Balaban J connectivity index is 1.52. The summed E-state index contributed by atoms with van der Waals surface area (Å²) in [6, 6.07) is 7.55. The topological polar surface area (TPSA) is 71.8 Å². The van der Waals surface area contributed by atoms with Crippen molar-refractivity contribution in [2.75, 3.05) is 26.7 Å². The monoisotopic (exact) mass is 403 g/mol. The Morgan fingerprint density at radius 2 is 2.04 bits per heavy atom. The molecule has 2 aromatic rings. The highest BCUT2D eigenvalue weighted by atomic mass is 35.5. The fourth-order valence-electron chi connectivity index (χ4n) is 3.29. The molecule has 1 N–H and O–H groups in total. The van der Waals surface area contributed by atoms with Gasteiger partial charge in [-0.05, 0) is 44.0 Å². The van der Waals surface area contributed by atoms with Crippen LogP contribution in [0.4, 0.5) is 0 Å². The molecule has 1 aliphatic heterocycles. The van der Waals surface area contributed by atoms with E-state index in [2.05, 4.69) is 20.3 Å². The maximum atomic E-state index is 11.9. The molecule has 0 radical (unpaired) electrons. The SMILES string of the molecule is CCOC(=O)C1CCN(C(=NC)NCc2cnn(-c3ccc(Cl)cc3)c2)CC1. The van der Waals surface area contributed by atoms with E-state index in [1.165, 1.54) is 0 Å². The smallest absolute Gasteiger partial charge is 0.309 e. The number of halogens is 1. The van der Waals surface area contributed by atoms with Crippen molar-refractivity contribution in [2.24, 2.45) is 10.9 Å². The lowest BCUT2D eigenvalue weighted by Crippen LogP contribution is -2.46. The van der Waals surface area contributed by atoms with Crippen LogP contribution in [0.15, 0.2) is 41.7 Å². The van der Waals surface area contributed by atoms with Gasteiger partial charge < -0.3 is 15.0 Å². The number of nitrogens with one attached hydrogen (secondary N) is 1. The molecule has 3 rings (SSSR count). The predicted octanol–water partition coefficient (Wildman–Crippen LogP) is 2.88. The summed E-state index contributed by atoms with van der Waals surface area (Å²) >= 11 is 5.94. The number of esters is 1. The van der Waals surface area contributed by atoms with Gasteiger partial charge in [0.25, 0.3) is 0 Å². The molecule has 0 amide bonds. The molecule has 1 saturated heterocycles. The number of carbonyl (C=O) groups excluding carboxylic acids is 1. The standard InChI is InChI=1S/C20H26ClN5O2/c1-3-28-19(27)16-8-10-25(11-9-16)20(22-2)23-12-15-13-24-26(14-15)18-6-4-17(21)5-7-18/h4-7,13-14,16H,3,8-12H2,1-2H3,(H,22,23). The van der Waals surface area contributed by atoms with E-state index < -0.39 is 0 Å². The second-order valence-electron chi connectivity index (χ2n) is 6.68. The number of hydrogen-bond acceptors (Lipinski definition) is 4. The third kappa shape index (κ3) is 5.04. The first-order valence-corrected chi connectivity index (χ1v) is 9.90. The average Bonchev–Trinajstić information content (AvgIpc) is 3.18. The van der Waals surface area contributed by atoms with Crippen molar-refractivity contribution in [2.45, 2.75) is 26.3 Å². The van der Waals surface area contributed by atoms with E-state index in [9.17, 15) is 4.79 Å². The van der Waals surface area contributed by atoms with Crippen molar-refractivity contribution >= 4 is 23.5 Å². The highest BCUT2D eigenvalue weighted by Gasteiger charge is 2.27. The highest BCUT2D eigenvalue weighted by molar-refractivity contribution is 6.30. The molecule has 0 atom stereocenters. The Labute approximate surface area is 170 Å². The summed E-state index contributed by atoms with van der Waals surface area (Å²) in [5, 5.41) is 8.49. The summed E-state index contributed by atoms with van der Waals surface area (Å²) in [6.45, 7) is 4.47. The van der Waals surface area contributed by atoms with Gasteiger partial charge in [0.05, 0.1) is 24.4 Å². The van der Waals surface area contributed by atoms with E-state index >= 15 is 0 Å². The molecule has 7 nitrogen and oxygen atoms in total. The van der Waals surface area contributed by atoms with Crippen molar-refractivity contribution in [1.29, 1.82) is 0 Å². The van der Waals surface area contributed by atoms with Gasteiger partial charge in [-0.3, -0.25) is 9.79 Å². The van der Waals surface area contributed by atoms with Crippen molar-refractivity contribution in [3.05, 3.63) is 47.2 Å². The molecule has 2 heterocycles. The van der Waals surface area contributed by atoms with Crippen LogP contribution in [0.2, 0.25) is 5.02 Å². The fraction of sp³-hybridized carbons (Fsp3) is 0.450. The van der Waals surface area contributed by atoms with E-state index in [0.717, 1.165) is 43.1 Å². The van der Waals surface area contributed by atoms with E-state index in [4.69, 9.17) is 16.3 Å². The minimum atomic E-state index is -0.0836. The third-order valence-electron chi connectivity index (χ3n) is 4.80. The number of rotatable bonds is 5. The second-order valence-corrected chi connectivity index (χ2v) is 7.12. The van der Waals surface area contributed by atoms with Gasteiger partial charge >= 0.3 is 5.97 Å². The Morgan fingerprint density at radius 3 is 2.68 bits per heavy atom. The molecule has 1 fully saturated rings. The van der Waals surface area contributed by atoms with Gasteiger partial charge in [0.1, 0.15) is 0 Å². The van der Waals surface area contributed by atoms with Gasteiger partial charge in [-0.15, -0.1) is 0 Å². The lowest BCUT2D eigenvalue weighted by atomic mass is 9.97. The van der Waals surface area contributed by atoms with Crippen LogP contribution in [0.25, 0.3) is 5.69 Å². The van der Waals surface area contributed by atoms with Crippen LogP contribution in [0, 0.1) is 5.92 Å². The maximum absolute atomic E-state index is 11.9. The van der Waals surface area contributed by atoms with Crippen LogP contribution in [-0.2, 0) is 16.1 Å². The first-order chi connectivity index (χ1) is 13.6. The van der Waals surface area contributed by atoms with Crippen LogP contribution in [0.1, 0.15) is 25.3 Å². The molecule has 150 valence electrons. The number of benzene rings is 1. The maximum Gasteiger partial charge on any atom is 0.309 e. The fourth-order valence-corrected chi connectivity index (χ4v) is 3.41. The molecule has 0 bridgehead atoms. The van der Waals surface area contributed by atoms with Crippen LogP contribution >= 0.6 is 11.6 Å². The number of ether oxygens (including phenoxy) is 1. The number of guanidine groups is 1. The van der Waals surface area contributed by atoms with Crippen LogP contribution in [0.3, 0.4) is 0 Å². The van der Waals surface area contributed by atoms with Crippen molar-refractivity contribution in [3.8, 4) is 5.69 Å². The third-order valence-corrected chi connectivity index (χ3v) is 5.06. The van der Waals surface area contributed by atoms with Crippen LogP contribution in [0.5, 0.6) is 0 Å². The zero-order chi connectivity index (χ0) is 19.9. The molecule has 8 heteroatoms. The highest BCUT2D eigenvalue weighted by Crippen LogP contribution is 2.19. The van der Waals surface area contributed by atoms with E-state index in [0.29, 0.717) is 18.2 Å². The van der Waals surface area contributed by atoms with Gasteiger partial charge in [0, 0.05) is 43.5 Å². The molecule has 1 aliphatic rings. The predicted molar refractivity (Wildman–Crippen MR) is 110 cm³/mol. The average molecular weight is 404 g/mol. The molecule has 28 heavy (non-hydrogen) atoms. The van der Waals surface area contributed by atoms with Crippen LogP contribution < -0.4 is 5.32 Å². The number of likely N-dealkylation sites (tertiary alicyclic amines) is 1. The van der Waals surface area contributed by atoms with Gasteiger partial charge in [-0.1, -0.05) is 11.6 Å². The molecule has 0 aliphatic carbocycles. The van der Waals surface area contributed by atoms with E-state index in [1.807, 2.05) is 48.3 Å². The molecule has 0 spiro atoms. The number of aliphatic imine (C=N–C) groups is 1. The Bertz CT molecular complexity index is 810. The molecular formula is C20H26ClN5O2. The summed E-state index contributed by atoms with van der Waals surface area (Å²) < 4.78 is 6.95.